The fourth-order valence-corrected chi connectivity index (χ4v) is 2.06. The molecule has 6 heteroatoms. The smallest absolute Gasteiger partial charge is 0.373 e. The van der Waals surface area contributed by atoms with Gasteiger partial charge < -0.3 is 9.52 Å². The molecular weight excluding hydrogens is 273 g/mol. The minimum absolute atomic E-state index is 0.0199. The first kappa shape index (κ1) is 12.2. The molecule has 1 aliphatic carbocycles. The molecule has 1 fully saturated rings. The van der Waals surface area contributed by atoms with Crippen LogP contribution in [-0.2, 0) is 0 Å². The zero-order valence-electron chi connectivity index (χ0n) is 9.69. The molecule has 1 aromatic carbocycles. The standard InChI is InChI=1S/C13H9ClFNO3/c14-7-3-4-8(9(15)5-7)12-16-10(6-1-2-6)11(19-12)13(17)18/h3-6H,1-2H2,(H,17,18). The first-order chi connectivity index (χ1) is 9.06. The number of carbonyl (C=O) groups is 1. The van der Waals surface area contributed by atoms with Crippen molar-refractivity contribution >= 4 is 17.6 Å². The maximum Gasteiger partial charge on any atom is 0.373 e. The molecule has 19 heavy (non-hydrogen) atoms. The molecular formula is C13H9ClFNO3. The summed E-state index contributed by atoms with van der Waals surface area (Å²) in [4.78, 5) is 15.2. The lowest BCUT2D eigenvalue weighted by atomic mass is 10.2. The third-order valence-electron chi connectivity index (χ3n) is 2.97. The Hall–Kier alpha value is -1.88. The highest BCUT2D eigenvalue weighted by Crippen LogP contribution is 2.42. The Morgan fingerprint density at radius 2 is 2.21 bits per heavy atom. The highest BCUT2D eigenvalue weighted by molar-refractivity contribution is 6.30. The van der Waals surface area contributed by atoms with Crippen molar-refractivity contribution in [3.05, 3.63) is 40.5 Å². The van der Waals surface area contributed by atoms with Gasteiger partial charge in [-0.25, -0.2) is 14.2 Å². The van der Waals surface area contributed by atoms with Crippen molar-refractivity contribution in [3.63, 3.8) is 0 Å². The molecule has 0 amide bonds. The molecule has 1 aromatic heterocycles. The SMILES string of the molecule is O=C(O)c1oc(-c2ccc(Cl)cc2F)nc1C1CC1. The molecule has 1 N–H and O–H groups in total. The molecule has 4 nitrogen and oxygen atoms in total. The number of aromatic nitrogens is 1. The number of carboxylic acid groups (broad SMARTS) is 1. The van der Waals surface area contributed by atoms with Crippen molar-refractivity contribution in [1.82, 2.24) is 4.98 Å². The van der Waals surface area contributed by atoms with Crippen LogP contribution in [0.2, 0.25) is 5.02 Å². The second-order valence-electron chi connectivity index (χ2n) is 4.44. The number of rotatable bonds is 3. The van der Waals surface area contributed by atoms with Crippen LogP contribution in [0, 0.1) is 5.82 Å². The van der Waals surface area contributed by atoms with Crippen LogP contribution in [0.4, 0.5) is 4.39 Å². The van der Waals surface area contributed by atoms with E-state index in [1.54, 1.807) is 0 Å². The Morgan fingerprint density at radius 1 is 1.47 bits per heavy atom. The van der Waals surface area contributed by atoms with Crippen LogP contribution in [0.25, 0.3) is 11.5 Å². The van der Waals surface area contributed by atoms with E-state index in [0.717, 1.165) is 18.9 Å². The summed E-state index contributed by atoms with van der Waals surface area (Å²) in [6.45, 7) is 0. The normalized spacial score (nSPS) is 14.6. The number of oxazole rings is 1. The van der Waals surface area contributed by atoms with Crippen LogP contribution >= 0.6 is 11.6 Å². The second-order valence-corrected chi connectivity index (χ2v) is 4.87. The highest BCUT2D eigenvalue weighted by Gasteiger charge is 2.34. The lowest BCUT2D eigenvalue weighted by Gasteiger charge is -1.98. The first-order valence-electron chi connectivity index (χ1n) is 5.75. The summed E-state index contributed by atoms with van der Waals surface area (Å²) in [7, 11) is 0. The van der Waals surface area contributed by atoms with Crippen molar-refractivity contribution in [2.45, 2.75) is 18.8 Å². The largest absolute Gasteiger partial charge is 0.475 e. The van der Waals surface area contributed by atoms with Crippen molar-refractivity contribution in [3.8, 4) is 11.5 Å². The average Bonchev–Trinajstić information content (AvgIpc) is 3.09. The summed E-state index contributed by atoms with van der Waals surface area (Å²) in [5.74, 6) is -1.89. The van der Waals surface area contributed by atoms with Crippen LogP contribution in [0.3, 0.4) is 0 Å². The number of nitrogens with zero attached hydrogens (tertiary/aromatic N) is 1. The molecule has 0 radical (unpaired) electrons. The van der Waals surface area contributed by atoms with E-state index in [2.05, 4.69) is 4.98 Å². The van der Waals surface area contributed by atoms with Gasteiger partial charge in [-0.15, -0.1) is 0 Å². The molecule has 0 aliphatic heterocycles. The first-order valence-corrected chi connectivity index (χ1v) is 6.13. The maximum absolute atomic E-state index is 13.8. The Labute approximate surface area is 112 Å². The summed E-state index contributed by atoms with van der Waals surface area (Å²) in [5.41, 5.74) is 0.510. The van der Waals surface area contributed by atoms with Gasteiger partial charge in [-0.05, 0) is 31.0 Å². The monoisotopic (exact) mass is 281 g/mol. The van der Waals surface area contributed by atoms with Crippen LogP contribution in [0.5, 0.6) is 0 Å². The highest BCUT2D eigenvalue weighted by atomic mass is 35.5. The molecule has 1 saturated carbocycles. The van der Waals surface area contributed by atoms with Gasteiger partial charge >= 0.3 is 5.97 Å². The summed E-state index contributed by atoms with van der Waals surface area (Å²) < 4.78 is 19.0. The zero-order chi connectivity index (χ0) is 13.6. The molecule has 3 rings (SSSR count). The lowest BCUT2D eigenvalue weighted by molar-refractivity contribution is 0.0661. The molecule has 98 valence electrons. The molecule has 0 bridgehead atoms. The molecule has 0 unspecified atom stereocenters. The molecule has 0 atom stereocenters. The predicted octanol–water partition coefficient (Wildman–Crippen LogP) is 3.71. The van der Waals surface area contributed by atoms with Crippen molar-refractivity contribution in [1.29, 1.82) is 0 Å². The minimum atomic E-state index is -1.19. The number of carboxylic acids is 1. The van der Waals surface area contributed by atoms with Crippen molar-refractivity contribution in [2.75, 3.05) is 0 Å². The van der Waals surface area contributed by atoms with Gasteiger partial charge in [-0.1, -0.05) is 11.6 Å². The van der Waals surface area contributed by atoms with Gasteiger partial charge in [0.2, 0.25) is 11.7 Å². The van der Waals surface area contributed by atoms with Gasteiger partial charge in [-0.2, -0.15) is 0 Å². The molecule has 0 spiro atoms. The third-order valence-corrected chi connectivity index (χ3v) is 3.21. The maximum atomic E-state index is 13.8. The zero-order valence-corrected chi connectivity index (χ0v) is 10.4. The minimum Gasteiger partial charge on any atom is -0.475 e. The van der Waals surface area contributed by atoms with Crippen molar-refractivity contribution in [2.24, 2.45) is 0 Å². The Bertz CT molecular complexity index is 664. The molecule has 1 heterocycles. The van der Waals surface area contributed by atoms with Crippen LogP contribution in [0.15, 0.2) is 22.6 Å². The Morgan fingerprint density at radius 3 is 2.79 bits per heavy atom. The summed E-state index contributed by atoms with van der Waals surface area (Å²) >= 11 is 5.67. The van der Waals surface area contributed by atoms with Crippen LogP contribution in [0.1, 0.15) is 35.0 Å². The molecule has 2 aromatic rings. The Balaban J connectivity index is 2.10. The number of hydrogen-bond acceptors (Lipinski definition) is 3. The van der Waals surface area contributed by atoms with E-state index in [4.69, 9.17) is 21.1 Å². The van der Waals surface area contributed by atoms with Gasteiger partial charge in [0.1, 0.15) is 5.82 Å². The predicted molar refractivity (Wildman–Crippen MR) is 65.8 cm³/mol. The fraction of sp³-hybridized carbons (Fsp3) is 0.231. The number of benzene rings is 1. The fourth-order valence-electron chi connectivity index (χ4n) is 1.90. The van der Waals surface area contributed by atoms with Crippen LogP contribution < -0.4 is 0 Å². The average molecular weight is 282 g/mol. The number of aromatic carboxylic acids is 1. The summed E-state index contributed by atoms with van der Waals surface area (Å²) in [5, 5.41) is 9.33. The molecule has 0 saturated heterocycles. The number of hydrogen-bond donors (Lipinski definition) is 1. The number of halogens is 2. The quantitative estimate of drug-likeness (QED) is 0.931. The van der Waals surface area contributed by atoms with E-state index < -0.39 is 11.8 Å². The van der Waals surface area contributed by atoms with E-state index in [0.29, 0.717) is 5.69 Å². The van der Waals surface area contributed by atoms with Gasteiger partial charge in [0, 0.05) is 10.9 Å². The van der Waals surface area contributed by atoms with E-state index in [9.17, 15) is 9.18 Å². The topological polar surface area (TPSA) is 63.3 Å². The van der Waals surface area contributed by atoms with Gasteiger partial charge in [0.25, 0.3) is 0 Å². The van der Waals surface area contributed by atoms with E-state index in [1.807, 2.05) is 0 Å². The lowest BCUT2D eigenvalue weighted by Crippen LogP contribution is -1.98. The summed E-state index contributed by atoms with van der Waals surface area (Å²) in [6.07, 6.45) is 1.77. The second kappa shape index (κ2) is 4.35. The summed E-state index contributed by atoms with van der Waals surface area (Å²) in [6, 6.07) is 4.06. The van der Waals surface area contributed by atoms with E-state index in [-0.39, 0.29) is 28.2 Å². The van der Waals surface area contributed by atoms with Gasteiger partial charge in [0.15, 0.2) is 0 Å². The van der Waals surface area contributed by atoms with Crippen LogP contribution in [-0.4, -0.2) is 16.1 Å². The van der Waals surface area contributed by atoms with Crippen molar-refractivity contribution < 1.29 is 18.7 Å². The molecule has 1 aliphatic rings. The van der Waals surface area contributed by atoms with Gasteiger partial charge in [0.05, 0.1) is 11.3 Å². The van der Waals surface area contributed by atoms with E-state index >= 15 is 0 Å². The van der Waals surface area contributed by atoms with E-state index in [1.165, 1.54) is 12.1 Å². The third kappa shape index (κ3) is 2.21. The Kier molecular flexibility index (Phi) is 2.78. The van der Waals surface area contributed by atoms with Gasteiger partial charge in [-0.3, -0.25) is 0 Å².